The SMILES string of the molecule is CN(C)S(=O)(=O)c1ccc(O)c(C(=O)Nc2cc(C(F)(F)F)ccc2C(F)(F)F)c1. The van der Waals surface area contributed by atoms with E-state index < -0.39 is 61.3 Å². The third-order valence-corrected chi connectivity index (χ3v) is 5.70. The summed E-state index contributed by atoms with van der Waals surface area (Å²) in [6.07, 6.45) is -10.1. The van der Waals surface area contributed by atoms with Crippen molar-refractivity contribution in [3.8, 4) is 5.75 Å². The van der Waals surface area contributed by atoms with Crippen molar-refractivity contribution >= 4 is 21.6 Å². The minimum absolute atomic E-state index is 0.0954. The van der Waals surface area contributed by atoms with Crippen LogP contribution in [0.25, 0.3) is 0 Å². The van der Waals surface area contributed by atoms with Crippen LogP contribution in [0.4, 0.5) is 32.0 Å². The van der Waals surface area contributed by atoms with E-state index >= 15 is 0 Å². The van der Waals surface area contributed by atoms with Crippen LogP contribution < -0.4 is 5.32 Å². The maximum Gasteiger partial charge on any atom is 0.418 e. The lowest BCUT2D eigenvalue weighted by atomic mass is 10.1. The van der Waals surface area contributed by atoms with Gasteiger partial charge in [0.05, 0.1) is 27.3 Å². The van der Waals surface area contributed by atoms with Crippen LogP contribution >= 0.6 is 0 Å². The van der Waals surface area contributed by atoms with E-state index in [1.165, 1.54) is 14.1 Å². The number of halogens is 6. The summed E-state index contributed by atoms with van der Waals surface area (Å²) in [6.45, 7) is 0. The molecule has 6 nitrogen and oxygen atoms in total. The number of nitrogens with zero attached hydrogens (tertiary/aromatic N) is 1. The summed E-state index contributed by atoms with van der Waals surface area (Å²) < 4.78 is 103. The first kappa shape index (κ1) is 23.5. The number of alkyl halides is 6. The van der Waals surface area contributed by atoms with Crippen molar-refractivity contribution in [2.24, 2.45) is 0 Å². The van der Waals surface area contributed by atoms with E-state index in [0.29, 0.717) is 6.07 Å². The Bertz CT molecular complexity index is 1080. The van der Waals surface area contributed by atoms with Crippen molar-refractivity contribution in [3.63, 3.8) is 0 Å². The van der Waals surface area contributed by atoms with E-state index in [-0.39, 0.29) is 18.2 Å². The van der Waals surface area contributed by atoms with Crippen molar-refractivity contribution in [2.45, 2.75) is 17.2 Å². The van der Waals surface area contributed by atoms with Crippen molar-refractivity contribution in [3.05, 3.63) is 53.1 Å². The molecule has 0 radical (unpaired) electrons. The third kappa shape index (κ3) is 4.84. The molecule has 164 valence electrons. The zero-order valence-corrected chi connectivity index (χ0v) is 16.1. The van der Waals surface area contributed by atoms with E-state index in [0.717, 1.165) is 16.4 Å². The molecule has 0 spiro atoms. The molecule has 0 atom stereocenters. The van der Waals surface area contributed by atoms with Crippen LogP contribution in [0, 0.1) is 0 Å². The highest BCUT2D eigenvalue weighted by Crippen LogP contribution is 2.39. The summed E-state index contributed by atoms with van der Waals surface area (Å²) in [6, 6.07) is 2.93. The summed E-state index contributed by atoms with van der Waals surface area (Å²) in [5.41, 5.74) is -4.95. The van der Waals surface area contributed by atoms with Gasteiger partial charge in [-0.15, -0.1) is 0 Å². The second-order valence-electron chi connectivity index (χ2n) is 6.18. The normalized spacial score (nSPS) is 12.8. The summed E-state index contributed by atoms with van der Waals surface area (Å²) >= 11 is 0. The number of hydrogen-bond donors (Lipinski definition) is 2. The highest BCUT2D eigenvalue weighted by atomic mass is 32.2. The second-order valence-corrected chi connectivity index (χ2v) is 8.33. The summed E-state index contributed by atoms with van der Waals surface area (Å²) in [5.74, 6) is -2.22. The number of aromatic hydroxyl groups is 1. The number of phenolic OH excluding ortho intramolecular Hbond substituents is 1. The first-order chi connectivity index (χ1) is 13.5. The van der Waals surface area contributed by atoms with Gasteiger partial charge in [0.1, 0.15) is 5.75 Å². The number of hydrogen-bond acceptors (Lipinski definition) is 4. The van der Waals surface area contributed by atoms with Crippen molar-refractivity contribution in [1.82, 2.24) is 4.31 Å². The Labute approximate surface area is 166 Å². The van der Waals surface area contributed by atoms with Gasteiger partial charge in [-0.1, -0.05) is 0 Å². The van der Waals surface area contributed by atoms with Crippen LogP contribution in [0.3, 0.4) is 0 Å². The monoisotopic (exact) mass is 456 g/mol. The Morgan fingerprint density at radius 3 is 2.07 bits per heavy atom. The lowest BCUT2D eigenvalue weighted by molar-refractivity contribution is -0.140. The Balaban J connectivity index is 2.55. The van der Waals surface area contributed by atoms with Crippen LogP contribution in [-0.4, -0.2) is 37.8 Å². The maximum atomic E-state index is 13.2. The molecule has 0 fully saturated rings. The molecule has 2 rings (SSSR count). The molecule has 0 saturated carbocycles. The fourth-order valence-corrected chi connectivity index (χ4v) is 3.26. The van der Waals surface area contributed by atoms with Gasteiger partial charge in [0, 0.05) is 14.1 Å². The molecule has 0 aromatic heterocycles. The minimum atomic E-state index is -5.09. The van der Waals surface area contributed by atoms with Crippen molar-refractivity contribution in [2.75, 3.05) is 19.4 Å². The average molecular weight is 456 g/mol. The molecule has 0 heterocycles. The van der Waals surface area contributed by atoms with E-state index in [2.05, 4.69) is 0 Å². The summed E-state index contributed by atoms with van der Waals surface area (Å²) in [5, 5.41) is 11.5. The molecule has 30 heavy (non-hydrogen) atoms. The number of rotatable bonds is 4. The molecule has 0 bridgehead atoms. The zero-order chi connectivity index (χ0) is 23.1. The Morgan fingerprint density at radius 1 is 0.967 bits per heavy atom. The van der Waals surface area contributed by atoms with Gasteiger partial charge in [-0.3, -0.25) is 4.79 Å². The molecular formula is C17H14F6N2O4S. The summed E-state index contributed by atoms with van der Waals surface area (Å²) in [4.78, 5) is 11.9. The number of sulfonamides is 1. The number of carbonyl (C=O) groups excluding carboxylic acids is 1. The van der Waals surface area contributed by atoms with Crippen LogP contribution in [0.2, 0.25) is 0 Å². The van der Waals surface area contributed by atoms with E-state index in [1.807, 2.05) is 0 Å². The molecule has 0 aliphatic carbocycles. The number of phenols is 1. The van der Waals surface area contributed by atoms with Crippen LogP contribution in [0.1, 0.15) is 21.5 Å². The van der Waals surface area contributed by atoms with Crippen LogP contribution in [-0.2, 0) is 22.4 Å². The quantitative estimate of drug-likeness (QED) is 0.683. The van der Waals surface area contributed by atoms with Gasteiger partial charge in [0.25, 0.3) is 5.91 Å². The van der Waals surface area contributed by atoms with Crippen LogP contribution in [0.15, 0.2) is 41.3 Å². The first-order valence-corrected chi connectivity index (χ1v) is 9.34. The molecule has 13 heteroatoms. The zero-order valence-electron chi connectivity index (χ0n) is 15.3. The van der Waals surface area contributed by atoms with E-state index in [4.69, 9.17) is 0 Å². The Kier molecular flexibility index (Phi) is 6.10. The van der Waals surface area contributed by atoms with Crippen molar-refractivity contribution < 1.29 is 44.7 Å². The predicted molar refractivity (Wildman–Crippen MR) is 93.4 cm³/mol. The van der Waals surface area contributed by atoms with Gasteiger partial charge in [0.2, 0.25) is 10.0 Å². The predicted octanol–water partition coefficient (Wildman–Crippen LogP) is 3.93. The van der Waals surface area contributed by atoms with Gasteiger partial charge in [0.15, 0.2) is 0 Å². The van der Waals surface area contributed by atoms with Gasteiger partial charge in [-0.2, -0.15) is 26.3 Å². The molecule has 0 aliphatic rings. The van der Waals surface area contributed by atoms with Gasteiger partial charge in [-0.25, -0.2) is 12.7 Å². The van der Waals surface area contributed by atoms with Crippen molar-refractivity contribution in [1.29, 1.82) is 0 Å². The minimum Gasteiger partial charge on any atom is -0.507 e. The Morgan fingerprint density at radius 2 is 1.57 bits per heavy atom. The molecule has 0 unspecified atom stereocenters. The maximum absolute atomic E-state index is 13.2. The second kappa shape index (κ2) is 7.80. The van der Waals surface area contributed by atoms with Crippen LogP contribution in [0.5, 0.6) is 5.75 Å². The fraction of sp³-hybridized carbons (Fsp3) is 0.235. The smallest absolute Gasteiger partial charge is 0.418 e. The Hall–Kier alpha value is -2.80. The van der Waals surface area contributed by atoms with E-state index in [9.17, 15) is 44.7 Å². The lowest BCUT2D eigenvalue weighted by Gasteiger charge is -2.17. The molecule has 2 aromatic rings. The molecule has 2 N–H and O–H groups in total. The van der Waals surface area contributed by atoms with Gasteiger partial charge < -0.3 is 10.4 Å². The fourth-order valence-electron chi connectivity index (χ4n) is 2.33. The number of benzene rings is 2. The highest BCUT2D eigenvalue weighted by molar-refractivity contribution is 7.89. The van der Waals surface area contributed by atoms with E-state index in [1.54, 1.807) is 5.32 Å². The number of amides is 1. The topological polar surface area (TPSA) is 86.7 Å². The number of nitrogens with one attached hydrogen (secondary N) is 1. The molecular weight excluding hydrogens is 442 g/mol. The number of anilines is 1. The third-order valence-electron chi connectivity index (χ3n) is 3.89. The molecule has 0 aliphatic heterocycles. The molecule has 0 saturated heterocycles. The van der Waals surface area contributed by atoms with Gasteiger partial charge in [-0.05, 0) is 36.4 Å². The molecule has 2 aromatic carbocycles. The average Bonchev–Trinajstić information content (AvgIpc) is 2.59. The number of carbonyl (C=O) groups is 1. The standard InChI is InChI=1S/C17H14F6N2O4S/c1-25(2)30(28,29)10-4-6-14(26)11(8-10)15(27)24-13-7-9(16(18,19)20)3-5-12(13)17(21,22)23/h3-8,26H,1-2H3,(H,24,27). The lowest BCUT2D eigenvalue weighted by Crippen LogP contribution is -2.23. The van der Waals surface area contributed by atoms with Gasteiger partial charge >= 0.3 is 12.4 Å². The largest absolute Gasteiger partial charge is 0.507 e. The highest BCUT2D eigenvalue weighted by Gasteiger charge is 2.37. The first-order valence-electron chi connectivity index (χ1n) is 7.90. The summed E-state index contributed by atoms with van der Waals surface area (Å²) in [7, 11) is -1.71. The molecule has 1 amide bonds.